The Balaban J connectivity index is 2.88. The summed E-state index contributed by atoms with van der Waals surface area (Å²) in [6.07, 6.45) is 19.0. The maximum absolute atomic E-state index is 9.99. The van der Waals surface area contributed by atoms with Crippen LogP contribution in [0.3, 0.4) is 0 Å². The SMILES string of the molecule is O=[C]CCCCCCCCCCCCCCCO. The van der Waals surface area contributed by atoms with Gasteiger partial charge in [-0.3, -0.25) is 4.79 Å². The van der Waals surface area contributed by atoms with E-state index in [2.05, 4.69) is 0 Å². The minimum atomic E-state index is 0.352. The van der Waals surface area contributed by atoms with Gasteiger partial charge >= 0.3 is 0 Å². The van der Waals surface area contributed by atoms with Crippen LogP contribution < -0.4 is 0 Å². The van der Waals surface area contributed by atoms with Gasteiger partial charge in [-0.1, -0.05) is 70.6 Å². The Morgan fingerprint density at radius 1 is 0.556 bits per heavy atom. The lowest BCUT2D eigenvalue weighted by Gasteiger charge is -2.02. The smallest absolute Gasteiger partial charge is 0.198 e. The molecular weight excluding hydrogens is 224 g/mol. The van der Waals surface area contributed by atoms with Gasteiger partial charge in [-0.15, -0.1) is 0 Å². The van der Waals surface area contributed by atoms with E-state index in [-0.39, 0.29) is 0 Å². The van der Waals surface area contributed by atoms with Crippen LogP contribution in [0.4, 0.5) is 0 Å². The minimum absolute atomic E-state index is 0.352. The first-order valence-electron chi connectivity index (χ1n) is 7.87. The second-order valence-electron chi connectivity index (χ2n) is 5.21. The molecule has 0 aromatic carbocycles. The Kier molecular flexibility index (Phi) is 16.3. The van der Waals surface area contributed by atoms with E-state index in [1.165, 1.54) is 70.6 Å². The average molecular weight is 255 g/mol. The number of hydrogen-bond acceptors (Lipinski definition) is 2. The quantitative estimate of drug-likeness (QED) is 0.436. The first-order chi connectivity index (χ1) is 8.91. The van der Waals surface area contributed by atoms with Gasteiger partial charge in [0.2, 0.25) is 0 Å². The summed E-state index contributed by atoms with van der Waals surface area (Å²) in [4.78, 5) is 9.99. The van der Waals surface area contributed by atoms with E-state index in [0.29, 0.717) is 13.0 Å². The van der Waals surface area contributed by atoms with Gasteiger partial charge in [-0.2, -0.15) is 0 Å². The molecule has 0 saturated carbocycles. The van der Waals surface area contributed by atoms with Crippen LogP contribution in [0, 0.1) is 0 Å². The minimum Gasteiger partial charge on any atom is -0.396 e. The van der Waals surface area contributed by atoms with Gasteiger partial charge in [-0.25, -0.2) is 0 Å². The van der Waals surface area contributed by atoms with Crippen molar-refractivity contribution in [1.82, 2.24) is 0 Å². The maximum Gasteiger partial charge on any atom is 0.198 e. The largest absolute Gasteiger partial charge is 0.396 e. The highest BCUT2D eigenvalue weighted by Gasteiger charge is 1.93. The molecule has 0 fully saturated rings. The van der Waals surface area contributed by atoms with Gasteiger partial charge in [0.25, 0.3) is 0 Å². The molecule has 0 unspecified atom stereocenters. The lowest BCUT2D eigenvalue weighted by molar-refractivity contribution is 0.282. The van der Waals surface area contributed by atoms with E-state index >= 15 is 0 Å². The molecule has 0 aromatic heterocycles. The average Bonchev–Trinajstić information content (AvgIpc) is 2.39. The van der Waals surface area contributed by atoms with Crippen molar-refractivity contribution in [2.24, 2.45) is 0 Å². The molecule has 0 aromatic rings. The summed E-state index contributed by atoms with van der Waals surface area (Å²) in [5.74, 6) is 0. The summed E-state index contributed by atoms with van der Waals surface area (Å²) >= 11 is 0. The zero-order chi connectivity index (χ0) is 13.3. The number of aliphatic hydroxyl groups excluding tert-OH is 1. The fourth-order valence-corrected chi connectivity index (χ4v) is 2.25. The fraction of sp³-hybridized carbons (Fsp3) is 0.938. The zero-order valence-corrected chi connectivity index (χ0v) is 12.0. The maximum atomic E-state index is 9.99. The third-order valence-corrected chi connectivity index (χ3v) is 3.44. The normalized spacial score (nSPS) is 10.7. The Bertz CT molecular complexity index is 157. The first-order valence-corrected chi connectivity index (χ1v) is 7.87. The predicted molar refractivity (Wildman–Crippen MR) is 77.4 cm³/mol. The van der Waals surface area contributed by atoms with Gasteiger partial charge in [0, 0.05) is 13.0 Å². The van der Waals surface area contributed by atoms with Gasteiger partial charge in [-0.05, 0) is 12.8 Å². The standard InChI is InChI=1S/C16H31O2/c17-15-13-11-9-7-5-3-1-2-4-6-8-10-12-14-16-18/h17H,1-15H2. The molecule has 0 bridgehead atoms. The van der Waals surface area contributed by atoms with Crippen molar-refractivity contribution in [3.63, 3.8) is 0 Å². The van der Waals surface area contributed by atoms with E-state index in [1.807, 2.05) is 6.29 Å². The van der Waals surface area contributed by atoms with Crippen LogP contribution in [0.15, 0.2) is 0 Å². The molecular formula is C16H31O2. The summed E-state index contributed by atoms with van der Waals surface area (Å²) in [6, 6.07) is 0. The molecule has 0 saturated heterocycles. The van der Waals surface area contributed by atoms with Crippen molar-refractivity contribution >= 4 is 6.29 Å². The van der Waals surface area contributed by atoms with Crippen molar-refractivity contribution in [3.05, 3.63) is 0 Å². The molecule has 0 atom stereocenters. The number of unbranched alkanes of at least 4 members (excludes halogenated alkanes) is 13. The van der Waals surface area contributed by atoms with E-state index < -0.39 is 0 Å². The molecule has 1 radical (unpaired) electrons. The van der Waals surface area contributed by atoms with Gasteiger partial charge < -0.3 is 5.11 Å². The number of hydrogen-bond donors (Lipinski definition) is 1. The van der Waals surface area contributed by atoms with Crippen molar-refractivity contribution in [1.29, 1.82) is 0 Å². The molecule has 1 N–H and O–H groups in total. The highest BCUT2D eigenvalue weighted by Crippen LogP contribution is 2.12. The second-order valence-corrected chi connectivity index (χ2v) is 5.21. The van der Waals surface area contributed by atoms with Crippen LogP contribution in [0.25, 0.3) is 0 Å². The van der Waals surface area contributed by atoms with E-state index in [4.69, 9.17) is 5.11 Å². The summed E-state index contributed by atoms with van der Waals surface area (Å²) in [5, 5.41) is 8.64. The summed E-state index contributed by atoms with van der Waals surface area (Å²) in [7, 11) is 0. The van der Waals surface area contributed by atoms with Crippen LogP contribution >= 0.6 is 0 Å². The van der Waals surface area contributed by atoms with E-state index in [9.17, 15) is 4.79 Å². The highest BCUT2D eigenvalue weighted by molar-refractivity contribution is 5.50. The highest BCUT2D eigenvalue weighted by atomic mass is 16.2. The van der Waals surface area contributed by atoms with Crippen LogP contribution in [0.2, 0.25) is 0 Å². The Morgan fingerprint density at radius 2 is 0.889 bits per heavy atom. The molecule has 18 heavy (non-hydrogen) atoms. The lowest BCUT2D eigenvalue weighted by atomic mass is 10.0. The molecule has 0 amide bonds. The number of carbonyl (C=O) groups excluding carboxylic acids is 1. The summed E-state index contributed by atoms with van der Waals surface area (Å²) < 4.78 is 0. The van der Waals surface area contributed by atoms with Crippen molar-refractivity contribution in [3.8, 4) is 0 Å². The van der Waals surface area contributed by atoms with Crippen molar-refractivity contribution < 1.29 is 9.90 Å². The molecule has 0 rings (SSSR count). The first kappa shape index (κ1) is 17.6. The van der Waals surface area contributed by atoms with Crippen molar-refractivity contribution in [2.45, 2.75) is 89.9 Å². The Labute approximate surface area is 113 Å². The summed E-state index contributed by atoms with van der Waals surface area (Å²) in [6.45, 7) is 0.352. The molecule has 0 aliphatic rings. The fourth-order valence-electron chi connectivity index (χ4n) is 2.25. The van der Waals surface area contributed by atoms with E-state index in [1.54, 1.807) is 0 Å². The molecule has 0 spiro atoms. The number of aliphatic hydroxyl groups is 1. The summed E-state index contributed by atoms with van der Waals surface area (Å²) in [5.41, 5.74) is 0. The van der Waals surface area contributed by atoms with Crippen LogP contribution in [-0.2, 0) is 4.79 Å². The van der Waals surface area contributed by atoms with Crippen LogP contribution in [-0.4, -0.2) is 18.0 Å². The molecule has 0 aliphatic carbocycles. The lowest BCUT2D eigenvalue weighted by Crippen LogP contribution is -1.85. The Morgan fingerprint density at radius 3 is 1.22 bits per heavy atom. The van der Waals surface area contributed by atoms with Crippen LogP contribution in [0.5, 0.6) is 0 Å². The zero-order valence-electron chi connectivity index (χ0n) is 12.0. The molecule has 107 valence electrons. The van der Waals surface area contributed by atoms with Crippen LogP contribution in [0.1, 0.15) is 89.9 Å². The molecule has 0 aliphatic heterocycles. The third kappa shape index (κ3) is 15.6. The van der Waals surface area contributed by atoms with E-state index in [0.717, 1.165) is 12.8 Å². The predicted octanol–water partition coefficient (Wildman–Crippen LogP) is 4.55. The van der Waals surface area contributed by atoms with Gasteiger partial charge in [0.05, 0.1) is 0 Å². The van der Waals surface area contributed by atoms with Gasteiger partial charge in [0.15, 0.2) is 6.29 Å². The molecule has 2 heteroatoms. The third-order valence-electron chi connectivity index (χ3n) is 3.44. The Hall–Kier alpha value is -0.370. The molecule has 0 heterocycles. The van der Waals surface area contributed by atoms with Crippen molar-refractivity contribution in [2.75, 3.05) is 6.61 Å². The topological polar surface area (TPSA) is 37.3 Å². The second kappa shape index (κ2) is 16.6. The monoisotopic (exact) mass is 255 g/mol. The number of rotatable bonds is 15. The molecule has 2 nitrogen and oxygen atoms in total. The van der Waals surface area contributed by atoms with Gasteiger partial charge in [0.1, 0.15) is 0 Å².